The Morgan fingerprint density at radius 2 is 1.93 bits per heavy atom. The molecule has 0 bridgehead atoms. The maximum absolute atomic E-state index is 12.4. The first-order chi connectivity index (χ1) is 19.8. The Hall–Kier alpha value is -3.99. The highest BCUT2D eigenvalue weighted by Crippen LogP contribution is 2.42. The normalized spacial score (nSPS) is 19.3. The van der Waals surface area contributed by atoms with E-state index in [1.807, 2.05) is 47.1 Å². The van der Waals surface area contributed by atoms with E-state index in [1.54, 1.807) is 0 Å². The molecule has 2 atom stereocenters. The predicted molar refractivity (Wildman–Crippen MR) is 172 cm³/mol. The van der Waals surface area contributed by atoms with Crippen molar-refractivity contribution >= 4 is 40.6 Å². The highest BCUT2D eigenvalue weighted by molar-refractivity contribution is 6.02. The number of carbonyl (C=O) groups is 1. The number of rotatable bonds is 11. The van der Waals surface area contributed by atoms with Crippen molar-refractivity contribution in [3.05, 3.63) is 42.8 Å². The van der Waals surface area contributed by atoms with Crippen molar-refractivity contribution in [3.8, 4) is 5.75 Å². The van der Waals surface area contributed by atoms with Gasteiger partial charge >= 0.3 is 0 Å². The lowest BCUT2D eigenvalue weighted by Gasteiger charge is -2.29. The van der Waals surface area contributed by atoms with Gasteiger partial charge in [-0.2, -0.15) is 4.98 Å². The minimum atomic E-state index is -0.303. The Labute approximate surface area is 249 Å². The van der Waals surface area contributed by atoms with Crippen molar-refractivity contribution in [3.63, 3.8) is 0 Å². The number of nitrogens with one attached hydrogen (secondary N) is 2. The van der Waals surface area contributed by atoms with Crippen LogP contribution in [0.1, 0.15) is 41.5 Å². The predicted octanol–water partition coefficient (Wildman–Crippen LogP) is 4.53. The molecule has 2 unspecified atom stereocenters. The smallest absolute Gasteiger partial charge is 0.247 e. The number of anilines is 5. The maximum Gasteiger partial charge on any atom is 0.247 e. The van der Waals surface area contributed by atoms with Gasteiger partial charge in [-0.1, -0.05) is 26.5 Å². The molecule has 0 saturated carbocycles. The summed E-state index contributed by atoms with van der Waals surface area (Å²) >= 11 is 0. The average molecular weight is 576 g/mol. The summed E-state index contributed by atoms with van der Waals surface area (Å²) in [7, 11) is 6.05. The molecule has 2 aliphatic heterocycles. The third-order valence-electron chi connectivity index (χ3n) is 7.65. The van der Waals surface area contributed by atoms with Gasteiger partial charge in [0.15, 0.2) is 0 Å². The number of carbonyl (C=O) groups excluding carboxylic acids is 1. The molecule has 1 fully saturated rings. The molecule has 0 radical (unpaired) electrons. The van der Waals surface area contributed by atoms with Crippen molar-refractivity contribution in [1.82, 2.24) is 19.9 Å². The zero-order valence-electron chi connectivity index (χ0n) is 26.4. The number of allylic oxidation sites excluding steroid dienone is 1. The number of amides is 1. The lowest BCUT2D eigenvalue weighted by molar-refractivity contribution is -0.111. The van der Waals surface area contributed by atoms with Gasteiger partial charge < -0.3 is 30.1 Å². The van der Waals surface area contributed by atoms with E-state index in [2.05, 4.69) is 75.7 Å². The van der Waals surface area contributed by atoms with Gasteiger partial charge in [-0.25, -0.2) is 9.97 Å². The Bertz CT molecular complexity index is 1380. The Balaban J connectivity index is 1.70. The van der Waals surface area contributed by atoms with E-state index in [0.717, 1.165) is 31.0 Å². The van der Waals surface area contributed by atoms with E-state index in [4.69, 9.17) is 14.7 Å². The van der Waals surface area contributed by atoms with Crippen molar-refractivity contribution in [2.45, 2.75) is 59.7 Å². The van der Waals surface area contributed by atoms with E-state index in [-0.39, 0.29) is 29.5 Å². The molecule has 3 heterocycles. The van der Waals surface area contributed by atoms with Crippen LogP contribution in [-0.4, -0.2) is 90.4 Å². The molecular weight excluding hydrogens is 530 g/mol. The van der Waals surface area contributed by atoms with E-state index in [1.165, 1.54) is 18.0 Å². The second-order valence-electron chi connectivity index (χ2n) is 12.3. The second-order valence-corrected chi connectivity index (χ2v) is 12.3. The number of dihydropyridines is 1. The first-order valence-corrected chi connectivity index (χ1v) is 14.4. The van der Waals surface area contributed by atoms with Gasteiger partial charge in [0.2, 0.25) is 17.8 Å². The lowest BCUT2D eigenvalue weighted by atomic mass is 9.83. The summed E-state index contributed by atoms with van der Waals surface area (Å²) in [5, 5.41) is 6.29. The van der Waals surface area contributed by atoms with Crippen molar-refractivity contribution in [2.24, 2.45) is 10.4 Å². The quantitative estimate of drug-likeness (QED) is 0.373. The number of hydrogen-bond donors (Lipinski definition) is 2. The highest BCUT2D eigenvalue weighted by Gasteiger charge is 2.48. The number of nitrogens with zero attached hydrogens (tertiary/aromatic N) is 7. The average Bonchev–Trinajstić information content (AvgIpc) is 3.18. The molecule has 2 aliphatic rings. The topological polar surface area (TPSA) is 111 Å². The van der Waals surface area contributed by atoms with Crippen LogP contribution in [0.15, 0.2) is 47.8 Å². The molecule has 11 heteroatoms. The monoisotopic (exact) mass is 575 g/mol. The molecule has 1 aromatic heterocycles. The molecule has 1 amide bonds. The second kappa shape index (κ2) is 12.5. The highest BCUT2D eigenvalue weighted by atomic mass is 16.5. The summed E-state index contributed by atoms with van der Waals surface area (Å²) < 4.78 is 6.23. The van der Waals surface area contributed by atoms with Crippen molar-refractivity contribution in [1.29, 1.82) is 0 Å². The molecule has 1 saturated heterocycles. The van der Waals surface area contributed by atoms with Gasteiger partial charge in [-0.05, 0) is 59.5 Å². The number of ether oxygens (including phenoxy) is 1. The largest absolute Gasteiger partial charge is 0.489 e. The minimum absolute atomic E-state index is 0.0473. The van der Waals surface area contributed by atoms with E-state index in [9.17, 15) is 4.79 Å². The number of aromatic nitrogens is 3. The molecule has 11 nitrogen and oxygen atoms in total. The fourth-order valence-corrected chi connectivity index (χ4v) is 5.29. The molecule has 1 aromatic carbocycles. The number of hydrogen-bond acceptors (Lipinski definition) is 10. The fraction of sp³-hybridized carbons (Fsp3) is 0.516. The minimum Gasteiger partial charge on any atom is -0.489 e. The summed E-state index contributed by atoms with van der Waals surface area (Å²) in [5.74, 6) is 1.27. The van der Waals surface area contributed by atoms with Gasteiger partial charge in [0, 0.05) is 43.9 Å². The van der Waals surface area contributed by atoms with Gasteiger partial charge in [-0.3, -0.25) is 9.79 Å². The molecule has 0 aliphatic carbocycles. The zero-order valence-corrected chi connectivity index (χ0v) is 26.4. The molecular formula is C31H45N9O2. The maximum atomic E-state index is 12.4. The first-order valence-electron chi connectivity index (χ1n) is 14.4. The lowest BCUT2D eigenvalue weighted by Crippen LogP contribution is -2.38. The number of benzene rings is 1. The molecule has 0 spiro atoms. The van der Waals surface area contributed by atoms with Gasteiger partial charge in [0.25, 0.3) is 0 Å². The number of fused-ring (bicyclic) bond motifs is 1. The van der Waals surface area contributed by atoms with Gasteiger partial charge in [-0.15, -0.1) is 0 Å². The number of aliphatic imine (C=N–C) groups is 1. The van der Waals surface area contributed by atoms with Gasteiger partial charge in [0.1, 0.15) is 12.1 Å². The van der Waals surface area contributed by atoms with E-state index < -0.39 is 0 Å². The fourth-order valence-electron chi connectivity index (χ4n) is 5.29. The summed E-state index contributed by atoms with van der Waals surface area (Å²) in [4.78, 5) is 37.6. The molecule has 2 N–H and O–H groups in total. The van der Waals surface area contributed by atoms with Crippen LogP contribution in [0.5, 0.6) is 5.75 Å². The van der Waals surface area contributed by atoms with E-state index >= 15 is 0 Å². The Morgan fingerprint density at radius 1 is 1.19 bits per heavy atom. The summed E-state index contributed by atoms with van der Waals surface area (Å²) in [5.41, 5.74) is 4.27. The summed E-state index contributed by atoms with van der Waals surface area (Å²) in [6, 6.07) is 3.97. The third kappa shape index (κ3) is 6.89. The van der Waals surface area contributed by atoms with Crippen molar-refractivity contribution < 1.29 is 9.53 Å². The molecule has 2 aromatic rings. The Morgan fingerprint density at radius 3 is 2.60 bits per heavy atom. The Kier molecular flexibility index (Phi) is 9.20. The third-order valence-corrected chi connectivity index (χ3v) is 7.65. The van der Waals surface area contributed by atoms with Crippen LogP contribution >= 0.6 is 0 Å². The van der Waals surface area contributed by atoms with Crippen LogP contribution in [0.2, 0.25) is 0 Å². The van der Waals surface area contributed by atoms with E-state index in [0.29, 0.717) is 29.0 Å². The first kappa shape index (κ1) is 31.0. The standard InChI is InChI=1S/C31H45N9O2/c1-11-27(41)35-22-15-23(26(42-19(2)3)16-24(22)39(10)13-12-38(8)9)36-29-32-18-33-30(37-29)40-17-31(6,7)28-25(40)14-20(4)21(5)34-28/h11,14-16,18-19,25,28H,1,12-13,17H2,2-10H3,(H,35,41)(H,32,33,36,37). The van der Waals surface area contributed by atoms with Crippen LogP contribution in [0.4, 0.5) is 29.0 Å². The van der Waals surface area contributed by atoms with Gasteiger partial charge in [0.05, 0.1) is 35.2 Å². The molecule has 42 heavy (non-hydrogen) atoms. The van der Waals surface area contributed by atoms with Crippen LogP contribution in [0, 0.1) is 5.41 Å². The summed E-state index contributed by atoms with van der Waals surface area (Å²) in [6.45, 7) is 18.6. The number of likely N-dealkylation sites (N-methyl/N-ethyl adjacent to an activating group) is 2. The van der Waals surface area contributed by atoms with Crippen molar-refractivity contribution in [2.75, 3.05) is 61.2 Å². The van der Waals surface area contributed by atoms with Crippen LogP contribution in [0.25, 0.3) is 0 Å². The zero-order chi connectivity index (χ0) is 30.8. The molecule has 4 rings (SSSR count). The molecule has 226 valence electrons. The SMILES string of the molecule is C=CC(=O)Nc1cc(Nc2ncnc(N3CC(C)(C)C4N=C(C)C(C)=CC43)n2)c(OC(C)C)cc1N(C)CCN(C)C. The van der Waals surface area contributed by atoms with Crippen LogP contribution < -0.4 is 25.2 Å². The summed E-state index contributed by atoms with van der Waals surface area (Å²) in [6.07, 6.45) is 4.96. The van der Waals surface area contributed by atoms with Crippen LogP contribution in [-0.2, 0) is 4.79 Å². The van der Waals surface area contributed by atoms with Crippen LogP contribution in [0.3, 0.4) is 0 Å².